The van der Waals surface area contributed by atoms with Gasteiger partial charge in [-0.3, -0.25) is 4.79 Å². The van der Waals surface area contributed by atoms with Crippen molar-refractivity contribution in [2.45, 2.75) is 20.0 Å². The Morgan fingerprint density at radius 2 is 2.04 bits per heavy atom. The number of hydrogen-bond donors (Lipinski definition) is 0. The third kappa shape index (κ3) is 3.25. The molecule has 0 unspecified atom stereocenters. The SMILES string of the molecule is Cc1ccc(CN(Cc2ccco2)C(=O)c2cccc3c2OCO3)s1. The van der Waals surface area contributed by atoms with Gasteiger partial charge in [-0.25, -0.2) is 0 Å². The first-order valence-corrected chi connectivity index (χ1v) is 8.78. The minimum atomic E-state index is -0.107. The zero-order chi connectivity index (χ0) is 17.2. The lowest BCUT2D eigenvalue weighted by Crippen LogP contribution is -2.30. The van der Waals surface area contributed by atoms with Gasteiger partial charge in [0.25, 0.3) is 5.91 Å². The van der Waals surface area contributed by atoms with Crippen molar-refractivity contribution < 1.29 is 18.7 Å². The Kier molecular flexibility index (Phi) is 4.19. The third-order valence-corrected chi connectivity index (χ3v) is 4.97. The van der Waals surface area contributed by atoms with Crippen LogP contribution in [0.2, 0.25) is 0 Å². The number of carbonyl (C=O) groups excluding carboxylic acids is 1. The van der Waals surface area contributed by atoms with Crippen LogP contribution in [0.25, 0.3) is 0 Å². The minimum absolute atomic E-state index is 0.107. The molecule has 0 bridgehead atoms. The summed E-state index contributed by atoms with van der Waals surface area (Å²) in [6, 6.07) is 13.2. The fourth-order valence-electron chi connectivity index (χ4n) is 2.82. The van der Waals surface area contributed by atoms with Crippen molar-refractivity contribution in [2.24, 2.45) is 0 Å². The lowest BCUT2D eigenvalue weighted by molar-refractivity contribution is 0.0715. The summed E-state index contributed by atoms with van der Waals surface area (Å²) < 4.78 is 16.3. The minimum Gasteiger partial charge on any atom is -0.467 e. The molecule has 0 spiro atoms. The number of thiophene rings is 1. The van der Waals surface area contributed by atoms with Crippen LogP contribution in [0.5, 0.6) is 11.5 Å². The van der Waals surface area contributed by atoms with Crippen LogP contribution in [0.1, 0.15) is 25.9 Å². The van der Waals surface area contributed by atoms with Crippen molar-refractivity contribution >= 4 is 17.2 Å². The first kappa shape index (κ1) is 15.8. The number of carbonyl (C=O) groups is 1. The van der Waals surface area contributed by atoms with E-state index in [1.54, 1.807) is 40.7 Å². The van der Waals surface area contributed by atoms with E-state index < -0.39 is 0 Å². The van der Waals surface area contributed by atoms with Crippen LogP contribution in [-0.4, -0.2) is 17.6 Å². The summed E-state index contributed by atoms with van der Waals surface area (Å²) in [7, 11) is 0. The van der Waals surface area contributed by atoms with Gasteiger partial charge in [0.2, 0.25) is 6.79 Å². The van der Waals surface area contributed by atoms with E-state index in [1.807, 2.05) is 12.1 Å². The van der Waals surface area contributed by atoms with Crippen LogP contribution >= 0.6 is 11.3 Å². The number of ether oxygens (including phenoxy) is 2. The third-order valence-electron chi connectivity index (χ3n) is 3.98. The van der Waals surface area contributed by atoms with E-state index in [9.17, 15) is 4.79 Å². The molecule has 1 aliphatic heterocycles. The Morgan fingerprint density at radius 3 is 2.80 bits per heavy atom. The summed E-state index contributed by atoms with van der Waals surface area (Å²) >= 11 is 1.69. The summed E-state index contributed by atoms with van der Waals surface area (Å²) in [6.45, 7) is 3.11. The summed E-state index contributed by atoms with van der Waals surface area (Å²) in [6.07, 6.45) is 1.62. The van der Waals surface area contributed by atoms with Gasteiger partial charge in [0.05, 0.1) is 24.9 Å². The van der Waals surface area contributed by atoms with E-state index in [0.717, 1.165) is 10.6 Å². The van der Waals surface area contributed by atoms with Crippen molar-refractivity contribution in [1.29, 1.82) is 0 Å². The molecule has 1 aromatic carbocycles. The highest BCUT2D eigenvalue weighted by Gasteiger charge is 2.26. The second kappa shape index (κ2) is 6.64. The van der Waals surface area contributed by atoms with Crippen LogP contribution in [0.3, 0.4) is 0 Å². The summed E-state index contributed by atoms with van der Waals surface area (Å²) in [5.74, 6) is 1.76. The zero-order valence-corrected chi connectivity index (χ0v) is 14.5. The molecule has 0 saturated heterocycles. The van der Waals surface area contributed by atoms with Crippen LogP contribution in [0.4, 0.5) is 0 Å². The molecular formula is C19H17NO4S. The van der Waals surface area contributed by atoms with Crippen LogP contribution in [-0.2, 0) is 13.1 Å². The molecule has 2 aromatic heterocycles. The van der Waals surface area contributed by atoms with Crippen LogP contribution < -0.4 is 9.47 Å². The quantitative estimate of drug-likeness (QED) is 0.688. The maximum Gasteiger partial charge on any atom is 0.258 e. The van der Waals surface area contributed by atoms with Gasteiger partial charge in [-0.15, -0.1) is 11.3 Å². The molecular weight excluding hydrogens is 338 g/mol. The monoisotopic (exact) mass is 355 g/mol. The largest absolute Gasteiger partial charge is 0.467 e. The Hall–Kier alpha value is -2.73. The summed E-state index contributed by atoms with van der Waals surface area (Å²) in [5.41, 5.74) is 0.509. The summed E-state index contributed by atoms with van der Waals surface area (Å²) in [5, 5.41) is 0. The maximum atomic E-state index is 13.2. The highest BCUT2D eigenvalue weighted by Crippen LogP contribution is 2.36. The molecule has 3 aromatic rings. The lowest BCUT2D eigenvalue weighted by atomic mass is 10.1. The Morgan fingerprint density at radius 1 is 1.12 bits per heavy atom. The Bertz CT molecular complexity index is 885. The predicted octanol–water partition coefficient (Wildman–Crippen LogP) is 4.22. The first-order valence-electron chi connectivity index (χ1n) is 7.96. The standard InChI is InChI=1S/C19H17NO4S/c1-13-7-8-15(25-13)11-20(10-14-4-3-9-22-14)19(21)16-5-2-6-17-18(16)24-12-23-17/h2-9H,10-12H2,1H3. The van der Waals surface area contributed by atoms with E-state index in [-0.39, 0.29) is 12.7 Å². The van der Waals surface area contributed by atoms with Gasteiger partial charge in [-0.05, 0) is 43.3 Å². The number of amides is 1. The summed E-state index contributed by atoms with van der Waals surface area (Å²) in [4.78, 5) is 17.3. The van der Waals surface area contributed by atoms with Gasteiger partial charge in [0.1, 0.15) is 5.76 Å². The number of furan rings is 1. The Balaban J connectivity index is 1.64. The molecule has 1 aliphatic rings. The van der Waals surface area contributed by atoms with Crippen molar-refractivity contribution in [2.75, 3.05) is 6.79 Å². The van der Waals surface area contributed by atoms with E-state index in [1.165, 1.54) is 4.88 Å². The Labute approximate surface area is 149 Å². The second-order valence-corrected chi connectivity index (χ2v) is 7.16. The van der Waals surface area contributed by atoms with Crippen molar-refractivity contribution in [3.63, 3.8) is 0 Å². The van der Waals surface area contributed by atoms with Gasteiger partial charge in [-0.1, -0.05) is 6.07 Å². The lowest BCUT2D eigenvalue weighted by Gasteiger charge is -2.21. The molecule has 128 valence electrons. The van der Waals surface area contributed by atoms with E-state index in [0.29, 0.717) is 30.2 Å². The van der Waals surface area contributed by atoms with E-state index in [4.69, 9.17) is 13.9 Å². The van der Waals surface area contributed by atoms with Crippen molar-refractivity contribution in [3.8, 4) is 11.5 Å². The van der Waals surface area contributed by atoms with Crippen LogP contribution in [0, 0.1) is 6.92 Å². The molecule has 25 heavy (non-hydrogen) atoms. The molecule has 4 rings (SSSR count). The number of hydrogen-bond acceptors (Lipinski definition) is 5. The molecule has 0 N–H and O–H groups in total. The number of aryl methyl sites for hydroxylation is 1. The van der Waals surface area contributed by atoms with Crippen molar-refractivity contribution in [1.82, 2.24) is 4.90 Å². The van der Waals surface area contributed by atoms with Crippen LogP contribution in [0.15, 0.2) is 53.1 Å². The maximum absolute atomic E-state index is 13.2. The highest BCUT2D eigenvalue weighted by molar-refractivity contribution is 7.11. The topological polar surface area (TPSA) is 51.9 Å². The normalized spacial score (nSPS) is 12.4. The highest BCUT2D eigenvalue weighted by atomic mass is 32.1. The zero-order valence-electron chi connectivity index (χ0n) is 13.7. The molecule has 0 saturated carbocycles. The molecule has 0 fully saturated rings. The number of para-hydroxylation sites is 1. The van der Waals surface area contributed by atoms with Gasteiger partial charge >= 0.3 is 0 Å². The van der Waals surface area contributed by atoms with Crippen molar-refractivity contribution in [3.05, 3.63) is 69.8 Å². The molecule has 0 aliphatic carbocycles. The fraction of sp³-hybridized carbons (Fsp3) is 0.211. The molecule has 5 nitrogen and oxygen atoms in total. The van der Waals surface area contributed by atoms with E-state index >= 15 is 0 Å². The fourth-order valence-corrected chi connectivity index (χ4v) is 3.72. The van der Waals surface area contributed by atoms with Gasteiger partial charge in [0, 0.05) is 9.75 Å². The predicted molar refractivity (Wildman–Crippen MR) is 93.9 cm³/mol. The molecule has 1 amide bonds. The average Bonchev–Trinajstić information content (AvgIpc) is 3.35. The smallest absolute Gasteiger partial charge is 0.258 e. The van der Waals surface area contributed by atoms with Gasteiger partial charge in [0.15, 0.2) is 11.5 Å². The average molecular weight is 355 g/mol. The number of benzene rings is 1. The number of nitrogens with zero attached hydrogens (tertiary/aromatic N) is 1. The molecule has 6 heteroatoms. The molecule has 0 atom stereocenters. The van der Waals surface area contributed by atoms with Gasteiger partial charge in [-0.2, -0.15) is 0 Å². The molecule has 3 heterocycles. The number of rotatable bonds is 5. The molecule has 0 radical (unpaired) electrons. The first-order chi connectivity index (χ1) is 12.2. The number of fused-ring (bicyclic) bond motifs is 1. The second-order valence-electron chi connectivity index (χ2n) is 5.79. The van der Waals surface area contributed by atoms with Gasteiger partial charge < -0.3 is 18.8 Å². The van der Waals surface area contributed by atoms with E-state index in [2.05, 4.69) is 19.1 Å².